The predicted molar refractivity (Wildman–Crippen MR) is 71.1 cm³/mol. The molecular weight excluding hydrogens is 224 g/mol. The minimum absolute atomic E-state index is 0.293. The first kappa shape index (κ1) is 11.1. The Hall–Kier alpha value is -1.96. The lowest BCUT2D eigenvalue weighted by Gasteiger charge is -2.12. The number of phenols is 2. The zero-order valence-electron chi connectivity index (χ0n) is 10.3. The van der Waals surface area contributed by atoms with E-state index in [4.69, 9.17) is 0 Å². The van der Waals surface area contributed by atoms with Crippen molar-refractivity contribution < 1.29 is 10.2 Å². The summed E-state index contributed by atoms with van der Waals surface area (Å²) >= 11 is 0. The normalized spacial score (nSPS) is 21.8. The molecule has 2 heteroatoms. The number of rotatable bonds is 1. The number of aromatic hydroxyl groups is 2. The maximum absolute atomic E-state index is 9.65. The van der Waals surface area contributed by atoms with Crippen molar-refractivity contribution in [3.05, 3.63) is 59.2 Å². The number of benzene rings is 2. The summed E-state index contributed by atoms with van der Waals surface area (Å²) < 4.78 is 0. The summed E-state index contributed by atoms with van der Waals surface area (Å²) in [5.74, 6) is 1.45. The van der Waals surface area contributed by atoms with E-state index in [9.17, 15) is 10.2 Å². The molecule has 2 atom stereocenters. The standard InChI is InChI=1S/C16H16O2/c1-10-8-15(11-2-4-12(17)5-3-11)16-9-13(18)6-7-14(10)16/h2-7,9-10,15,17-18H,8H2,1H3. The Labute approximate surface area is 107 Å². The van der Waals surface area contributed by atoms with Gasteiger partial charge in [-0.15, -0.1) is 0 Å². The molecule has 1 aliphatic carbocycles. The maximum Gasteiger partial charge on any atom is 0.115 e. The summed E-state index contributed by atoms with van der Waals surface area (Å²) in [5, 5.41) is 19.0. The molecule has 2 aromatic carbocycles. The van der Waals surface area contributed by atoms with Gasteiger partial charge in [-0.1, -0.05) is 25.1 Å². The molecule has 0 aliphatic heterocycles. The van der Waals surface area contributed by atoms with Crippen molar-refractivity contribution in [3.63, 3.8) is 0 Å². The topological polar surface area (TPSA) is 40.5 Å². The molecule has 0 spiro atoms. The van der Waals surface area contributed by atoms with Crippen LogP contribution in [0.5, 0.6) is 11.5 Å². The van der Waals surface area contributed by atoms with Crippen LogP contribution in [0.3, 0.4) is 0 Å². The first-order valence-electron chi connectivity index (χ1n) is 6.27. The number of phenolic OH excluding ortho intramolecular Hbond substituents is 2. The molecule has 0 saturated heterocycles. The molecule has 18 heavy (non-hydrogen) atoms. The van der Waals surface area contributed by atoms with Crippen molar-refractivity contribution in [3.8, 4) is 11.5 Å². The van der Waals surface area contributed by atoms with Gasteiger partial charge < -0.3 is 10.2 Å². The van der Waals surface area contributed by atoms with Crippen molar-refractivity contribution in [2.24, 2.45) is 0 Å². The lowest BCUT2D eigenvalue weighted by molar-refractivity contribution is 0.473. The number of hydrogen-bond donors (Lipinski definition) is 2. The molecule has 2 aromatic rings. The Kier molecular flexibility index (Phi) is 2.51. The van der Waals surface area contributed by atoms with Crippen molar-refractivity contribution in [2.75, 3.05) is 0 Å². The molecule has 2 N–H and O–H groups in total. The zero-order chi connectivity index (χ0) is 12.7. The minimum Gasteiger partial charge on any atom is -0.508 e. The van der Waals surface area contributed by atoms with Crippen LogP contribution in [0.15, 0.2) is 42.5 Å². The van der Waals surface area contributed by atoms with E-state index in [-0.39, 0.29) is 0 Å². The van der Waals surface area contributed by atoms with Crippen LogP contribution in [-0.4, -0.2) is 10.2 Å². The highest BCUT2D eigenvalue weighted by Crippen LogP contribution is 2.46. The molecule has 3 rings (SSSR count). The summed E-state index contributed by atoms with van der Waals surface area (Å²) in [4.78, 5) is 0. The van der Waals surface area contributed by atoms with Crippen LogP contribution < -0.4 is 0 Å². The first-order chi connectivity index (χ1) is 8.65. The van der Waals surface area contributed by atoms with Gasteiger partial charge in [-0.25, -0.2) is 0 Å². The zero-order valence-corrected chi connectivity index (χ0v) is 10.3. The van der Waals surface area contributed by atoms with Gasteiger partial charge >= 0.3 is 0 Å². The van der Waals surface area contributed by atoms with Crippen molar-refractivity contribution in [1.82, 2.24) is 0 Å². The van der Waals surface area contributed by atoms with E-state index in [1.807, 2.05) is 24.3 Å². The van der Waals surface area contributed by atoms with E-state index in [1.165, 1.54) is 16.7 Å². The van der Waals surface area contributed by atoms with Gasteiger partial charge in [0.1, 0.15) is 11.5 Å². The lowest BCUT2D eigenvalue weighted by Crippen LogP contribution is -1.95. The second-order valence-corrected chi connectivity index (χ2v) is 5.09. The largest absolute Gasteiger partial charge is 0.508 e. The third kappa shape index (κ3) is 1.74. The van der Waals surface area contributed by atoms with E-state index >= 15 is 0 Å². The van der Waals surface area contributed by atoms with Crippen molar-refractivity contribution >= 4 is 0 Å². The number of fused-ring (bicyclic) bond motifs is 1. The SMILES string of the molecule is CC1CC(c2ccc(O)cc2)c2cc(O)ccc21. The summed E-state index contributed by atoms with van der Waals surface area (Å²) in [7, 11) is 0. The Morgan fingerprint density at radius 2 is 1.56 bits per heavy atom. The second-order valence-electron chi connectivity index (χ2n) is 5.09. The monoisotopic (exact) mass is 240 g/mol. The number of hydrogen-bond acceptors (Lipinski definition) is 2. The molecule has 0 radical (unpaired) electrons. The molecular formula is C16H16O2. The van der Waals surface area contributed by atoms with Gasteiger partial charge in [0.2, 0.25) is 0 Å². The van der Waals surface area contributed by atoms with Crippen LogP contribution in [0.2, 0.25) is 0 Å². The van der Waals surface area contributed by atoms with Gasteiger partial charge in [0.05, 0.1) is 0 Å². The molecule has 0 fully saturated rings. The van der Waals surface area contributed by atoms with Crippen LogP contribution in [0.25, 0.3) is 0 Å². The molecule has 0 heterocycles. The molecule has 2 nitrogen and oxygen atoms in total. The maximum atomic E-state index is 9.65. The Bertz CT molecular complexity index is 572. The van der Waals surface area contributed by atoms with E-state index in [2.05, 4.69) is 6.92 Å². The Morgan fingerprint density at radius 1 is 0.889 bits per heavy atom. The van der Waals surface area contributed by atoms with Crippen LogP contribution in [0.1, 0.15) is 41.9 Å². The lowest BCUT2D eigenvalue weighted by atomic mass is 9.92. The predicted octanol–water partition coefficient (Wildman–Crippen LogP) is 3.74. The smallest absolute Gasteiger partial charge is 0.115 e. The fraction of sp³-hybridized carbons (Fsp3) is 0.250. The summed E-state index contributed by atoms with van der Waals surface area (Å²) in [6.45, 7) is 2.22. The highest BCUT2D eigenvalue weighted by atomic mass is 16.3. The van der Waals surface area contributed by atoms with Gasteiger partial charge in [-0.3, -0.25) is 0 Å². The second kappa shape index (κ2) is 4.05. The molecule has 0 aromatic heterocycles. The summed E-state index contributed by atoms with van der Waals surface area (Å²) in [5.41, 5.74) is 3.74. The Morgan fingerprint density at radius 3 is 2.28 bits per heavy atom. The molecule has 0 saturated carbocycles. The van der Waals surface area contributed by atoms with Crippen LogP contribution >= 0.6 is 0 Å². The van der Waals surface area contributed by atoms with Crippen LogP contribution in [0.4, 0.5) is 0 Å². The van der Waals surface area contributed by atoms with E-state index in [0.29, 0.717) is 23.3 Å². The fourth-order valence-corrected chi connectivity index (χ4v) is 2.94. The van der Waals surface area contributed by atoms with Gasteiger partial charge in [-0.05, 0) is 53.3 Å². The quantitative estimate of drug-likeness (QED) is 0.797. The summed E-state index contributed by atoms with van der Waals surface area (Å²) in [6.07, 6.45) is 1.06. The van der Waals surface area contributed by atoms with Crippen LogP contribution in [-0.2, 0) is 0 Å². The van der Waals surface area contributed by atoms with E-state index in [0.717, 1.165) is 6.42 Å². The minimum atomic E-state index is 0.293. The van der Waals surface area contributed by atoms with Gasteiger partial charge in [0.15, 0.2) is 0 Å². The van der Waals surface area contributed by atoms with E-state index < -0.39 is 0 Å². The van der Waals surface area contributed by atoms with E-state index in [1.54, 1.807) is 18.2 Å². The Balaban J connectivity index is 2.06. The van der Waals surface area contributed by atoms with Gasteiger partial charge in [0, 0.05) is 5.92 Å². The van der Waals surface area contributed by atoms with Gasteiger partial charge in [0.25, 0.3) is 0 Å². The van der Waals surface area contributed by atoms with Crippen LogP contribution in [0, 0.1) is 0 Å². The third-order valence-electron chi connectivity index (χ3n) is 3.86. The molecule has 1 aliphatic rings. The van der Waals surface area contributed by atoms with Crippen molar-refractivity contribution in [2.45, 2.75) is 25.2 Å². The average Bonchev–Trinajstić information content (AvgIpc) is 2.67. The average molecular weight is 240 g/mol. The third-order valence-corrected chi connectivity index (χ3v) is 3.86. The summed E-state index contributed by atoms with van der Waals surface area (Å²) in [6, 6.07) is 13.0. The van der Waals surface area contributed by atoms with Crippen molar-refractivity contribution in [1.29, 1.82) is 0 Å². The highest BCUT2D eigenvalue weighted by Gasteiger charge is 2.29. The molecule has 0 bridgehead atoms. The molecule has 2 unspecified atom stereocenters. The molecule has 92 valence electrons. The highest BCUT2D eigenvalue weighted by molar-refractivity contribution is 5.48. The van der Waals surface area contributed by atoms with Gasteiger partial charge in [-0.2, -0.15) is 0 Å². The molecule has 0 amide bonds. The first-order valence-corrected chi connectivity index (χ1v) is 6.27. The fourth-order valence-electron chi connectivity index (χ4n) is 2.94.